The molecule has 0 fully saturated rings. The van der Waals surface area contributed by atoms with Gasteiger partial charge in [0.15, 0.2) is 0 Å². The van der Waals surface area contributed by atoms with Crippen LogP contribution in [0.2, 0.25) is 0 Å². The lowest BCUT2D eigenvalue weighted by Crippen LogP contribution is -1.71. The second-order valence-electron chi connectivity index (χ2n) is 2.65. The molecule has 0 aliphatic heterocycles. The molecule has 11 heavy (non-hydrogen) atoms. The van der Waals surface area contributed by atoms with E-state index < -0.39 is 0 Å². The Labute approximate surface area is 74.1 Å². The molecule has 0 N–H and O–H groups in total. The van der Waals surface area contributed by atoms with Gasteiger partial charge >= 0.3 is 0 Å². The topological polar surface area (TPSA) is 0 Å². The highest BCUT2D eigenvalue weighted by Gasteiger charge is 2.10. The summed E-state index contributed by atoms with van der Waals surface area (Å²) in [4.78, 5) is 1.40. The van der Waals surface area contributed by atoms with Crippen LogP contribution in [0.5, 0.6) is 0 Å². The third-order valence-corrected chi connectivity index (χ3v) is 3.86. The Morgan fingerprint density at radius 3 is 3.00 bits per heavy atom. The SMILES string of the molecule is Cc1cc(C)c2sccc2[s+]1. The van der Waals surface area contributed by atoms with E-state index in [9.17, 15) is 0 Å². The molecule has 2 rings (SSSR count). The number of aryl methyl sites for hydroxylation is 2. The summed E-state index contributed by atoms with van der Waals surface area (Å²) >= 11 is 3.71. The van der Waals surface area contributed by atoms with Crippen molar-refractivity contribution in [1.29, 1.82) is 0 Å². The predicted molar refractivity (Wildman–Crippen MR) is 53.6 cm³/mol. The molecule has 2 aromatic rings. The molecular formula is C9H9S2+. The molecule has 0 aliphatic rings. The molecule has 0 radical (unpaired) electrons. The summed E-state index contributed by atoms with van der Waals surface area (Å²) in [5.74, 6) is 0. The van der Waals surface area contributed by atoms with Gasteiger partial charge in [-0.25, -0.2) is 0 Å². The van der Waals surface area contributed by atoms with E-state index in [-0.39, 0.29) is 0 Å². The summed E-state index contributed by atoms with van der Waals surface area (Å²) in [5.41, 5.74) is 1.41. The van der Waals surface area contributed by atoms with Crippen molar-refractivity contribution < 1.29 is 0 Å². The minimum Gasteiger partial charge on any atom is -0.138 e. The van der Waals surface area contributed by atoms with E-state index in [2.05, 4.69) is 31.4 Å². The summed E-state index contributed by atoms with van der Waals surface area (Å²) in [6.07, 6.45) is 0. The smallest absolute Gasteiger partial charge is 0.138 e. The van der Waals surface area contributed by atoms with E-state index in [0.717, 1.165) is 0 Å². The van der Waals surface area contributed by atoms with Crippen LogP contribution < -0.4 is 0 Å². The van der Waals surface area contributed by atoms with Gasteiger partial charge in [-0.15, -0.1) is 11.3 Å². The van der Waals surface area contributed by atoms with Crippen molar-refractivity contribution in [3.05, 3.63) is 28.0 Å². The molecule has 0 unspecified atom stereocenters. The average molecular weight is 181 g/mol. The Morgan fingerprint density at radius 2 is 2.18 bits per heavy atom. The lowest BCUT2D eigenvalue weighted by atomic mass is 10.3. The zero-order chi connectivity index (χ0) is 7.84. The van der Waals surface area contributed by atoms with Crippen LogP contribution >= 0.6 is 22.7 Å². The lowest BCUT2D eigenvalue weighted by Gasteiger charge is -1.86. The van der Waals surface area contributed by atoms with E-state index >= 15 is 0 Å². The zero-order valence-electron chi connectivity index (χ0n) is 6.55. The number of rotatable bonds is 0. The average Bonchev–Trinajstić information content (AvgIpc) is 2.34. The first kappa shape index (κ1) is 7.19. The molecule has 2 heterocycles. The summed E-state index contributed by atoms with van der Waals surface area (Å²) in [6, 6.07) is 4.45. The molecule has 0 aromatic carbocycles. The van der Waals surface area contributed by atoms with Crippen LogP contribution in [0, 0.1) is 13.8 Å². The first-order valence-electron chi connectivity index (χ1n) is 3.55. The van der Waals surface area contributed by atoms with Gasteiger partial charge in [0.1, 0.15) is 0 Å². The number of thiophene rings is 1. The van der Waals surface area contributed by atoms with Crippen molar-refractivity contribution >= 4 is 32.1 Å². The maximum atomic E-state index is 2.25. The lowest BCUT2D eigenvalue weighted by molar-refractivity contribution is 1.51. The Balaban J connectivity index is 2.91. The maximum absolute atomic E-state index is 2.25. The fourth-order valence-corrected chi connectivity index (χ4v) is 3.34. The highest BCUT2D eigenvalue weighted by atomic mass is 32.1. The van der Waals surface area contributed by atoms with Crippen molar-refractivity contribution in [2.45, 2.75) is 13.8 Å². The van der Waals surface area contributed by atoms with Crippen LogP contribution in [-0.2, 0) is 0 Å². The van der Waals surface area contributed by atoms with Gasteiger partial charge in [-0.2, -0.15) is 0 Å². The Hall–Kier alpha value is -0.470. The minimum atomic E-state index is 1.40. The fraction of sp³-hybridized carbons (Fsp3) is 0.222. The summed E-state index contributed by atoms with van der Waals surface area (Å²) < 4.78 is 2.87. The molecule has 0 atom stereocenters. The van der Waals surface area contributed by atoms with Crippen LogP contribution in [0.15, 0.2) is 17.5 Å². The molecule has 0 nitrogen and oxygen atoms in total. The Bertz CT molecular complexity index is 387. The van der Waals surface area contributed by atoms with Crippen LogP contribution in [0.4, 0.5) is 0 Å². The number of hydrogen-bond acceptors (Lipinski definition) is 1. The van der Waals surface area contributed by atoms with Gasteiger partial charge in [0.2, 0.25) is 20.9 Å². The molecule has 56 valence electrons. The molecule has 0 aliphatic carbocycles. The number of fused-ring (bicyclic) bond motifs is 1. The molecule has 0 spiro atoms. The second-order valence-corrected chi connectivity index (χ2v) is 4.86. The largest absolute Gasteiger partial charge is 0.249 e. The Kier molecular flexibility index (Phi) is 1.66. The highest BCUT2D eigenvalue weighted by molar-refractivity contribution is 7.25. The van der Waals surface area contributed by atoms with Gasteiger partial charge in [-0.05, 0) is 17.9 Å². The molecular weight excluding hydrogens is 172 g/mol. The van der Waals surface area contributed by atoms with E-state index in [0.29, 0.717) is 0 Å². The van der Waals surface area contributed by atoms with Gasteiger partial charge in [0.25, 0.3) is 0 Å². The van der Waals surface area contributed by atoms with Gasteiger partial charge in [-0.3, -0.25) is 0 Å². The van der Waals surface area contributed by atoms with Gasteiger partial charge in [0.05, 0.1) is 4.70 Å². The van der Waals surface area contributed by atoms with Crippen LogP contribution in [-0.4, -0.2) is 0 Å². The van der Waals surface area contributed by atoms with Crippen LogP contribution in [0.25, 0.3) is 9.40 Å². The quantitative estimate of drug-likeness (QED) is 0.541. The Morgan fingerprint density at radius 1 is 1.36 bits per heavy atom. The molecule has 2 aromatic heterocycles. The normalized spacial score (nSPS) is 10.7. The van der Waals surface area contributed by atoms with Crippen molar-refractivity contribution in [2.24, 2.45) is 0 Å². The predicted octanol–water partition coefficient (Wildman–Crippen LogP) is 3.86. The first-order chi connectivity index (χ1) is 5.27. The van der Waals surface area contributed by atoms with Crippen molar-refractivity contribution in [1.82, 2.24) is 0 Å². The summed E-state index contributed by atoms with van der Waals surface area (Å²) in [5, 5.41) is 2.16. The molecule has 0 saturated heterocycles. The monoisotopic (exact) mass is 181 g/mol. The molecule has 0 bridgehead atoms. The van der Waals surface area contributed by atoms with E-state index in [1.807, 2.05) is 22.7 Å². The minimum absolute atomic E-state index is 1.40. The standard InChI is InChI=1S/C9H9S2/c1-6-5-7(2)11-8-3-4-10-9(6)8/h3-5H,1-2H3/q+1. The third kappa shape index (κ3) is 1.17. The zero-order valence-corrected chi connectivity index (χ0v) is 8.18. The highest BCUT2D eigenvalue weighted by Crippen LogP contribution is 2.29. The van der Waals surface area contributed by atoms with Gasteiger partial charge < -0.3 is 0 Å². The first-order valence-corrected chi connectivity index (χ1v) is 5.24. The van der Waals surface area contributed by atoms with Gasteiger partial charge in [0, 0.05) is 19.1 Å². The van der Waals surface area contributed by atoms with E-state index in [1.54, 1.807) is 0 Å². The van der Waals surface area contributed by atoms with Gasteiger partial charge in [-0.1, -0.05) is 0 Å². The number of hydrogen-bond donors (Lipinski definition) is 0. The molecule has 2 heteroatoms. The van der Waals surface area contributed by atoms with Crippen molar-refractivity contribution in [3.8, 4) is 0 Å². The van der Waals surface area contributed by atoms with Crippen LogP contribution in [0.3, 0.4) is 0 Å². The van der Waals surface area contributed by atoms with Crippen LogP contribution in [0.1, 0.15) is 10.4 Å². The van der Waals surface area contributed by atoms with E-state index in [1.165, 1.54) is 19.8 Å². The maximum Gasteiger partial charge on any atom is 0.249 e. The fourth-order valence-electron chi connectivity index (χ4n) is 1.24. The summed E-state index contributed by atoms with van der Waals surface area (Å²) in [7, 11) is 0. The molecule has 0 saturated carbocycles. The van der Waals surface area contributed by atoms with Crippen molar-refractivity contribution in [2.75, 3.05) is 0 Å². The third-order valence-electron chi connectivity index (χ3n) is 1.68. The summed E-state index contributed by atoms with van der Waals surface area (Å²) in [6.45, 7) is 4.34. The molecule has 0 amide bonds. The van der Waals surface area contributed by atoms with Crippen molar-refractivity contribution in [3.63, 3.8) is 0 Å². The second kappa shape index (κ2) is 2.54. The van der Waals surface area contributed by atoms with E-state index in [4.69, 9.17) is 0 Å².